The molecule has 7 nitrogen and oxygen atoms in total. The number of nitrogens with one attached hydrogen (secondary N) is 1. The zero-order valence-electron chi connectivity index (χ0n) is 19.6. The third kappa shape index (κ3) is 5.74. The minimum atomic E-state index is -5.83. The molecule has 12 heteroatoms. The molecular formula is C24H23F5N4O3. The van der Waals surface area contributed by atoms with Crippen molar-refractivity contribution in [3.8, 4) is 22.8 Å². The van der Waals surface area contributed by atoms with Crippen LogP contribution >= 0.6 is 0 Å². The number of halogens is 5. The Morgan fingerprint density at radius 2 is 1.67 bits per heavy atom. The number of nitrogens with zero attached hydrogens (tertiary/aromatic N) is 3. The quantitative estimate of drug-likeness (QED) is 0.462. The van der Waals surface area contributed by atoms with E-state index in [4.69, 9.17) is 4.74 Å². The van der Waals surface area contributed by atoms with Crippen LogP contribution < -0.4 is 10.1 Å². The summed E-state index contributed by atoms with van der Waals surface area (Å²) in [5.74, 6) is -0.250. The first-order valence-corrected chi connectivity index (χ1v) is 11.0. The van der Waals surface area contributed by atoms with E-state index in [2.05, 4.69) is 20.1 Å². The van der Waals surface area contributed by atoms with E-state index >= 15 is 0 Å². The normalized spacial score (nSPS) is 15.9. The molecule has 0 radical (unpaired) electrons. The maximum Gasteiger partial charge on any atom is 0.499 e. The van der Waals surface area contributed by atoms with Crippen LogP contribution in [-0.4, -0.2) is 44.8 Å². The van der Waals surface area contributed by atoms with Crippen LogP contribution in [0.3, 0.4) is 0 Å². The first kappa shape index (κ1) is 25.4. The predicted octanol–water partition coefficient (Wildman–Crippen LogP) is 5.46. The largest absolute Gasteiger partial charge is 0.499 e. The summed E-state index contributed by atoms with van der Waals surface area (Å²) in [7, 11) is 0. The molecule has 1 heterocycles. The Bertz CT molecular complexity index is 1250. The smallest absolute Gasteiger partial charge is 0.444 e. The van der Waals surface area contributed by atoms with Gasteiger partial charge in [0.2, 0.25) is 0 Å². The molecule has 36 heavy (non-hydrogen) atoms. The van der Waals surface area contributed by atoms with Gasteiger partial charge in [0.05, 0.1) is 5.69 Å². The van der Waals surface area contributed by atoms with Crippen molar-refractivity contribution in [1.82, 2.24) is 20.1 Å². The summed E-state index contributed by atoms with van der Waals surface area (Å²) in [4.78, 5) is 16.3. The van der Waals surface area contributed by atoms with Crippen molar-refractivity contribution in [1.29, 1.82) is 0 Å². The fourth-order valence-electron chi connectivity index (χ4n) is 3.73. The van der Waals surface area contributed by atoms with Crippen molar-refractivity contribution in [2.75, 3.05) is 0 Å². The molecule has 2 aromatic carbocycles. The second-order valence-electron chi connectivity index (χ2n) is 9.36. The van der Waals surface area contributed by atoms with Gasteiger partial charge in [-0.25, -0.2) is 14.5 Å². The zero-order valence-corrected chi connectivity index (χ0v) is 19.6. The lowest BCUT2D eigenvalue weighted by atomic mass is 10.1. The molecule has 0 bridgehead atoms. The third-order valence-corrected chi connectivity index (χ3v) is 5.29. The fraction of sp³-hybridized carbons (Fsp3) is 0.375. The van der Waals surface area contributed by atoms with Crippen molar-refractivity contribution in [2.45, 2.75) is 57.5 Å². The number of amides is 1. The Kier molecular flexibility index (Phi) is 6.40. The molecule has 0 fully saturated rings. The Morgan fingerprint density at radius 3 is 2.31 bits per heavy atom. The first-order valence-electron chi connectivity index (χ1n) is 11.0. The molecule has 4 rings (SSSR count). The van der Waals surface area contributed by atoms with Crippen LogP contribution in [0.2, 0.25) is 0 Å². The maximum atomic E-state index is 13.1. The zero-order chi connectivity index (χ0) is 26.3. The monoisotopic (exact) mass is 510 g/mol. The molecule has 1 aliphatic rings. The van der Waals surface area contributed by atoms with Gasteiger partial charge in [-0.05, 0) is 75.1 Å². The summed E-state index contributed by atoms with van der Waals surface area (Å²) in [5.41, 5.74) is 2.66. The Labute approximate surface area is 203 Å². The summed E-state index contributed by atoms with van der Waals surface area (Å²) in [6, 6.07) is 10.2. The van der Waals surface area contributed by atoms with Crippen LogP contribution in [0.15, 0.2) is 48.8 Å². The highest BCUT2D eigenvalue weighted by molar-refractivity contribution is 5.68. The van der Waals surface area contributed by atoms with E-state index in [1.807, 2.05) is 18.2 Å². The second-order valence-corrected chi connectivity index (χ2v) is 9.36. The van der Waals surface area contributed by atoms with Crippen LogP contribution in [0.5, 0.6) is 5.75 Å². The van der Waals surface area contributed by atoms with E-state index in [1.54, 1.807) is 20.8 Å². The van der Waals surface area contributed by atoms with Crippen molar-refractivity contribution in [3.05, 3.63) is 59.9 Å². The molecular weight excluding hydrogens is 487 g/mol. The number of aromatic nitrogens is 3. The van der Waals surface area contributed by atoms with E-state index in [1.165, 1.54) is 23.1 Å². The van der Waals surface area contributed by atoms with E-state index < -0.39 is 29.7 Å². The summed E-state index contributed by atoms with van der Waals surface area (Å²) >= 11 is 0. The van der Waals surface area contributed by atoms with E-state index in [9.17, 15) is 26.7 Å². The van der Waals surface area contributed by atoms with Gasteiger partial charge in [-0.1, -0.05) is 12.1 Å². The number of alkyl halides is 5. The molecule has 0 spiro atoms. The highest BCUT2D eigenvalue weighted by atomic mass is 19.4. The van der Waals surface area contributed by atoms with E-state index in [0.29, 0.717) is 24.4 Å². The molecule has 0 saturated carbocycles. The topological polar surface area (TPSA) is 78.3 Å². The molecule has 1 aromatic heterocycles. The summed E-state index contributed by atoms with van der Waals surface area (Å²) in [5, 5.41) is 7.25. The number of ether oxygens (including phenoxy) is 2. The second kappa shape index (κ2) is 9.07. The Morgan fingerprint density at radius 1 is 1.00 bits per heavy atom. The van der Waals surface area contributed by atoms with Crippen LogP contribution in [0.25, 0.3) is 17.1 Å². The lowest BCUT2D eigenvalue weighted by Gasteiger charge is -2.21. The SMILES string of the molecule is CC(C)(C)OC(=O)NC1Cc2ccc(-c3ncn(-c4ccc(OC(F)(F)C(F)(F)F)cc4)n3)cc2C1. The highest BCUT2D eigenvalue weighted by Crippen LogP contribution is 2.37. The standard InChI is InChI=1S/C24H23F5N4O3/c1-22(2,3)36-21(34)31-17-11-14-4-5-15(10-16(14)12-17)20-30-13-33(32-20)18-6-8-19(9-7-18)35-24(28,29)23(25,26)27/h4-10,13,17H,11-12H2,1-3H3,(H,31,34). The molecule has 1 aliphatic carbocycles. The third-order valence-electron chi connectivity index (χ3n) is 5.29. The van der Waals surface area contributed by atoms with Gasteiger partial charge in [0.1, 0.15) is 17.7 Å². The van der Waals surface area contributed by atoms with Crippen LogP contribution in [-0.2, 0) is 17.6 Å². The van der Waals surface area contributed by atoms with Crippen LogP contribution in [0, 0.1) is 0 Å². The number of hydrogen-bond acceptors (Lipinski definition) is 5. The van der Waals surface area contributed by atoms with E-state index in [0.717, 1.165) is 28.8 Å². The molecule has 192 valence electrons. The molecule has 1 N–H and O–H groups in total. The van der Waals surface area contributed by atoms with Gasteiger partial charge in [-0.2, -0.15) is 22.0 Å². The molecule has 1 atom stereocenters. The minimum Gasteiger partial charge on any atom is -0.444 e. The van der Waals surface area contributed by atoms with Gasteiger partial charge < -0.3 is 14.8 Å². The summed E-state index contributed by atoms with van der Waals surface area (Å²) < 4.78 is 73.6. The van der Waals surface area contributed by atoms with E-state index in [-0.39, 0.29) is 6.04 Å². The van der Waals surface area contributed by atoms with Gasteiger partial charge >= 0.3 is 18.4 Å². The van der Waals surface area contributed by atoms with Crippen molar-refractivity contribution in [2.24, 2.45) is 0 Å². The Hall–Kier alpha value is -3.70. The highest BCUT2D eigenvalue weighted by Gasteiger charge is 2.61. The van der Waals surface area contributed by atoms with Crippen LogP contribution in [0.1, 0.15) is 31.9 Å². The van der Waals surface area contributed by atoms with Gasteiger partial charge in [0, 0.05) is 11.6 Å². The molecule has 1 amide bonds. The van der Waals surface area contributed by atoms with Crippen molar-refractivity contribution < 1.29 is 36.2 Å². The summed E-state index contributed by atoms with van der Waals surface area (Å²) in [6.07, 6.45) is -8.92. The molecule has 0 saturated heterocycles. The molecule has 3 aromatic rings. The van der Waals surface area contributed by atoms with Crippen molar-refractivity contribution in [3.63, 3.8) is 0 Å². The average Bonchev–Trinajstić information content (AvgIpc) is 3.38. The number of carbonyl (C=O) groups excluding carboxylic acids is 1. The van der Waals surface area contributed by atoms with Gasteiger partial charge in [-0.15, -0.1) is 5.10 Å². The number of rotatable bonds is 5. The number of hydrogen-bond donors (Lipinski definition) is 1. The van der Waals surface area contributed by atoms with Gasteiger partial charge in [-0.3, -0.25) is 0 Å². The molecule has 1 unspecified atom stereocenters. The minimum absolute atomic E-state index is 0.0962. The van der Waals surface area contributed by atoms with Gasteiger partial charge in [0.15, 0.2) is 5.82 Å². The average molecular weight is 510 g/mol. The lowest BCUT2D eigenvalue weighted by Crippen LogP contribution is -2.41. The Balaban J connectivity index is 1.43. The van der Waals surface area contributed by atoms with Gasteiger partial charge in [0.25, 0.3) is 0 Å². The lowest BCUT2D eigenvalue weighted by molar-refractivity contribution is -0.360. The van der Waals surface area contributed by atoms with Crippen molar-refractivity contribution >= 4 is 6.09 Å². The predicted molar refractivity (Wildman–Crippen MR) is 119 cm³/mol. The number of carbonyl (C=O) groups is 1. The summed E-state index contributed by atoms with van der Waals surface area (Å²) in [6.45, 7) is 5.38. The number of benzene rings is 2. The maximum absolute atomic E-state index is 13.1. The van der Waals surface area contributed by atoms with Crippen LogP contribution in [0.4, 0.5) is 26.7 Å². The number of fused-ring (bicyclic) bond motifs is 1. The number of alkyl carbamates (subject to hydrolysis) is 1. The first-order chi connectivity index (χ1) is 16.7. The molecule has 0 aliphatic heterocycles. The fourth-order valence-corrected chi connectivity index (χ4v) is 3.73.